The predicted octanol–water partition coefficient (Wildman–Crippen LogP) is 2.53. The van der Waals surface area contributed by atoms with Crippen LogP contribution in [0.4, 0.5) is 0 Å². The van der Waals surface area contributed by atoms with E-state index in [2.05, 4.69) is 18.8 Å². The summed E-state index contributed by atoms with van der Waals surface area (Å²) in [6, 6.07) is 3.33. The highest BCUT2D eigenvalue weighted by Gasteiger charge is 2.03. The lowest BCUT2D eigenvalue weighted by molar-refractivity contribution is 0.0696. The van der Waals surface area contributed by atoms with Gasteiger partial charge in [-0.2, -0.15) is 0 Å². The number of thioether (sulfide) groups is 1. The van der Waals surface area contributed by atoms with Gasteiger partial charge in [-0.05, 0) is 18.1 Å². The molecule has 4 heteroatoms. The van der Waals surface area contributed by atoms with Gasteiger partial charge < -0.3 is 5.11 Å². The van der Waals surface area contributed by atoms with Crippen molar-refractivity contribution in [2.24, 2.45) is 5.92 Å². The molecule has 1 N–H and O–H groups in total. The Balaban J connectivity index is 2.60. The van der Waals surface area contributed by atoms with E-state index in [1.807, 2.05) is 0 Å². The highest BCUT2D eigenvalue weighted by molar-refractivity contribution is 7.99. The van der Waals surface area contributed by atoms with Crippen LogP contribution < -0.4 is 0 Å². The number of nitrogens with zero attached hydrogens (tertiary/aromatic N) is 1. The molecule has 0 aliphatic rings. The summed E-state index contributed by atoms with van der Waals surface area (Å²) in [6.45, 7) is 4.28. The van der Waals surface area contributed by atoms with E-state index in [9.17, 15) is 4.79 Å². The standard InChI is InChI=1S/C10H13NO2S/c1-7(2)6-14-9-4-3-8(5-11-9)10(12)13/h3-5,7H,6H2,1-2H3,(H,12,13). The molecule has 76 valence electrons. The zero-order chi connectivity index (χ0) is 10.6. The van der Waals surface area contributed by atoms with Crippen LogP contribution in [0, 0.1) is 5.92 Å². The molecule has 0 saturated heterocycles. The summed E-state index contributed by atoms with van der Waals surface area (Å²) in [5.74, 6) is 0.679. The zero-order valence-electron chi connectivity index (χ0n) is 8.23. The van der Waals surface area contributed by atoms with Crippen molar-refractivity contribution in [3.8, 4) is 0 Å². The number of carboxylic acid groups (broad SMARTS) is 1. The number of aromatic carboxylic acids is 1. The minimum absolute atomic E-state index is 0.235. The van der Waals surface area contributed by atoms with Crippen LogP contribution in [0.2, 0.25) is 0 Å². The van der Waals surface area contributed by atoms with Crippen molar-refractivity contribution in [3.05, 3.63) is 23.9 Å². The highest BCUT2D eigenvalue weighted by atomic mass is 32.2. The number of aromatic nitrogens is 1. The Hall–Kier alpha value is -1.03. The van der Waals surface area contributed by atoms with Gasteiger partial charge in [0.2, 0.25) is 0 Å². The molecule has 0 aromatic carbocycles. The minimum atomic E-state index is -0.932. The van der Waals surface area contributed by atoms with E-state index in [1.54, 1.807) is 23.9 Å². The van der Waals surface area contributed by atoms with E-state index < -0.39 is 5.97 Å². The second kappa shape index (κ2) is 5.00. The smallest absolute Gasteiger partial charge is 0.337 e. The lowest BCUT2D eigenvalue weighted by Gasteiger charge is -2.03. The Morgan fingerprint density at radius 2 is 2.29 bits per heavy atom. The molecule has 1 rings (SSSR count). The van der Waals surface area contributed by atoms with Gasteiger partial charge in [0.15, 0.2) is 0 Å². The number of carbonyl (C=O) groups is 1. The van der Waals surface area contributed by atoms with Gasteiger partial charge in [0.05, 0.1) is 10.6 Å². The summed E-state index contributed by atoms with van der Waals surface area (Å²) >= 11 is 1.64. The van der Waals surface area contributed by atoms with Gasteiger partial charge in [-0.15, -0.1) is 11.8 Å². The molecule has 0 bridgehead atoms. The Bertz CT molecular complexity index is 308. The minimum Gasteiger partial charge on any atom is -0.478 e. The lowest BCUT2D eigenvalue weighted by Crippen LogP contribution is -1.97. The van der Waals surface area contributed by atoms with Crippen LogP contribution in [0.1, 0.15) is 24.2 Å². The summed E-state index contributed by atoms with van der Waals surface area (Å²) in [5, 5.41) is 9.53. The average molecular weight is 211 g/mol. The van der Waals surface area contributed by atoms with Crippen molar-refractivity contribution in [2.45, 2.75) is 18.9 Å². The molecule has 1 aromatic heterocycles. The molecular weight excluding hydrogens is 198 g/mol. The third-order valence-electron chi connectivity index (χ3n) is 1.55. The molecule has 0 saturated carbocycles. The van der Waals surface area contributed by atoms with Crippen molar-refractivity contribution in [1.82, 2.24) is 4.98 Å². The van der Waals surface area contributed by atoms with E-state index in [1.165, 1.54) is 6.20 Å². The van der Waals surface area contributed by atoms with Crippen LogP contribution in [0.3, 0.4) is 0 Å². The summed E-state index contributed by atoms with van der Waals surface area (Å²) in [4.78, 5) is 14.6. The normalized spacial score (nSPS) is 10.5. The first kappa shape index (κ1) is 11.0. The Kier molecular flexibility index (Phi) is 3.95. The Labute approximate surface area is 87.6 Å². The number of rotatable bonds is 4. The first-order valence-electron chi connectivity index (χ1n) is 4.41. The Morgan fingerprint density at radius 1 is 1.57 bits per heavy atom. The SMILES string of the molecule is CC(C)CSc1ccc(C(=O)O)cn1. The van der Waals surface area contributed by atoms with E-state index in [4.69, 9.17) is 5.11 Å². The fraction of sp³-hybridized carbons (Fsp3) is 0.400. The molecule has 1 aromatic rings. The molecule has 0 radical (unpaired) electrons. The molecule has 0 amide bonds. The summed E-state index contributed by atoms with van der Waals surface area (Å²) < 4.78 is 0. The highest BCUT2D eigenvalue weighted by Crippen LogP contribution is 2.18. The lowest BCUT2D eigenvalue weighted by atomic mass is 10.3. The van der Waals surface area contributed by atoms with Gasteiger partial charge in [0.25, 0.3) is 0 Å². The summed E-state index contributed by atoms with van der Waals surface area (Å²) in [7, 11) is 0. The molecule has 0 unspecified atom stereocenters. The van der Waals surface area contributed by atoms with E-state index in [-0.39, 0.29) is 5.56 Å². The van der Waals surface area contributed by atoms with Gasteiger partial charge >= 0.3 is 5.97 Å². The van der Waals surface area contributed by atoms with E-state index >= 15 is 0 Å². The molecule has 0 aliphatic carbocycles. The third-order valence-corrected chi connectivity index (χ3v) is 2.92. The zero-order valence-corrected chi connectivity index (χ0v) is 9.04. The first-order valence-corrected chi connectivity index (χ1v) is 5.40. The van der Waals surface area contributed by atoms with Crippen molar-refractivity contribution < 1.29 is 9.90 Å². The van der Waals surface area contributed by atoms with Crippen molar-refractivity contribution in [3.63, 3.8) is 0 Å². The largest absolute Gasteiger partial charge is 0.478 e. The quantitative estimate of drug-likeness (QED) is 0.777. The number of hydrogen-bond acceptors (Lipinski definition) is 3. The molecular formula is C10H13NO2S. The molecule has 0 atom stereocenters. The maximum Gasteiger partial charge on any atom is 0.337 e. The van der Waals surface area contributed by atoms with Crippen LogP contribution >= 0.6 is 11.8 Å². The molecule has 14 heavy (non-hydrogen) atoms. The van der Waals surface area contributed by atoms with E-state index in [0.717, 1.165) is 10.8 Å². The molecule has 0 fully saturated rings. The monoisotopic (exact) mass is 211 g/mol. The molecule has 0 aliphatic heterocycles. The van der Waals surface area contributed by atoms with Crippen LogP contribution in [0.25, 0.3) is 0 Å². The topological polar surface area (TPSA) is 50.2 Å². The molecule has 0 spiro atoms. The number of pyridine rings is 1. The fourth-order valence-corrected chi connectivity index (χ4v) is 1.64. The molecule has 1 heterocycles. The van der Waals surface area contributed by atoms with E-state index in [0.29, 0.717) is 5.92 Å². The van der Waals surface area contributed by atoms with Crippen LogP contribution in [-0.2, 0) is 0 Å². The van der Waals surface area contributed by atoms with Gasteiger partial charge in [-0.25, -0.2) is 9.78 Å². The number of carboxylic acids is 1. The second-order valence-corrected chi connectivity index (χ2v) is 4.44. The van der Waals surface area contributed by atoms with Gasteiger partial charge in [-0.3, -0.25) is 0 Å². The maximum absolute atomic E-state index is 10.5. The first-order chi connectivity index (χ1) is 6.59. The third kappa shape index (κ3) is 3.38. The Morgan fingerprint density at radius 3 is 2.71 bits per heavy atom. The van der Waals surface area contributed by atoms with Gasteiger partial charge in [-0.1, -0.05) is 13.8 Å². The summed E-state index contributed by atoms with van der Waals surface area (Å²) in [6.07, 6.45) is 1.39. The number of hydrogen-bond donors (Lipinski definition) is 1. The fourth-order valence-electron chi connectivity index (χ4n) is 0.844. The van der Waals surface area contributed by atoms with Crippen LogP contribution in [0.15, 0.2) is 23.4 Å². The van der Waals surface area contributed by atoms with Gasteiger partial charge in [0.1, 0.15) is 0 Å². The maximum atomic E-state index is 10.5. The van der Waals surface area contributed by atoms with Crippen LogP contribution in [-0.4, -0.2) is 21.8 Å². The molecule has 3 nitrogen and oxygen atoms in total. The van der Waals surface area contributed by atoms with Crippen molar-refractivity contribution in [2.75, 3.05) is 5.75 Å². The summed E-state index contributed by atoms with van der Waals surface area (Å²) in [5.41, 5.74) is 0.235. The average Bonchev–Trinajstić information content (AvgIpc) is 2.15. The second-order valence-electron chi connectivity index (χ2n) is 3.40. The van der Waals surface area contributed by atoms with Crippen LogP contribution in [0.5, 0.6) is 0 Å². The van der Waals surface area contributed by atoms with Gasteiger partial charge in [0, 0.05) is 11.9 Å². The van der Waals surface area contributed by atoms with Crippen molar-refractivity contribution >= 4 is 17.7 Å². The van der Waals surface area contributed by atoms with Crippen molar-refractivity contribution in [1.29, 1.82) is 0 Å². The predicted molar refractivity (Wildman–Crippen MR) is 56.8 cm³/mol.